The Balaban J connectivity index is 2.07. The van der Waals surface area contributed by atoms with Gasteiger partial charge in [0.15, 0.2) is 0 Å². The third kappa shape index (κ3) is 4.27. The lowest BCUT2D eigenvalue weighted by atomic mass is 10.1. The summed E-state index contributed by atoms with van der Waals surface area (Å²) in [5.74, 6) is 1.66. The summed E-state index contributed by atoms with van der Waals surface area (Å²) in [6.07, 6.45) is 2.32. The van der Waals surface area contributed by atoms with E-state index < -0.39 is 0 Å². The van der Waals surface area contributed by atoms with Crippen LogP contribution in [0.3, 0.4) is 0 Å². The minimum atomic E-state index is -0.0689. The maximum Gasteiger partial charge on any atom is 0.293 e. The first-order valence-corrected chi connectivity index (χ1v) is 7.92. The van der Waals surface area contributed by atoms with E-state index in [-0.39, 0.29) is 17.6 Å². The van der Waals surface area contributed by atoms with Crippen molar-refractivity contribution < 1.29 is 4.79 Å². The molecule has 1 fully saturated rings. The van der Waals surface area contributed by atoms with Crippen LogP contribution < -0.4 is 5.32 Å². The fraction of sp³-hybridized carbons (Fsp3) is 0.800. The van der Waals surface area contributed by atoms with Crippen LogP contribution in [-0.2, 0) is 0 Å². The highest BCUT2D eigenvalue weighted by Gasteiger charge is 2.25. The minimum Gasteiger partial charge on any atom is -0.334 e. The molecular weight excluding hydrogens is 266 g/mol. The first kappa shape index (κ1) is 15.9. The summed E-state index contributed by atoms with van der Waals surface area (Å²) in [7, 11) is 0. The number of carbonyl (C=O) groups excluding carboxylic acids is 1. The van der Waals surface area contributed by atoms with Crippen molar-refractivity contribution in [2.45, 2.75) is 52.5 Å². The number of nitrogens with one attached hydrogen (secondary N) is 2. The van der Waals surface area contributed by atoms with Crippen LogP contribution in [0.15, 0.2) is 0 Å². The summed E-state index contributed by atoms with van der Waals surface area (Å²) < 4.78 is 0. The predicted octanol–water partition coefficient (Wildman–Crippen LogP) is 1.78. The molecule has 118 valence electrons. The summed E-state index contributed by atoms with van der Waals surface area (Å²) in [5, 5.41) is 10.4. The van der Waals surface area contributed by atoms with Crippen molar-refractivity contribution >= 4 is 5.91 Å². The van der Waals surface area contributed by atoms with Crippen LogP contribution in [0.25, 0.3) is 0 Å². The summed E-state index contributed by atoms with van der Waals surface area (Å²) in [6, 6.07) is 0.399. The summed E-state index contributed by atoms with van der Waals surface area (Å²) >= 11 is 0. The molecule has 1 unspecified atom stereocenters. The van der Waals surface area contributed by atoms with Gasteiger partial charge in [0.2, 0.25) is 5.82 Å². The molecule has 0 aromatic carbocycles. The highest BCUT2D eigenvalue weighted by molar-refractivity contribution is 5.90. The summed E-state index contributed by atoms with van der Waals surface area (Å²) in [4.78, 5) is 18.9. The van der Waals surface area contributed by atoms with E-state index in [0.717, 1.165) is 31.9 Å². The smallest absolute Gasteiger partial charge is 0.293 e. The van der Waals surface area contributed by atoms with Crippen molar-refractivity contribution in [2.24, 2.45) is 5.92 Å². The van der Waals surface area contributed by atoms with Gasteiger partial charge in [0.1, 0.15) is 5.82 Å². The van der Waals surface area contributed by atoms with E-state index in [0.29, 0.717) is 12.0 Å². The molecule has 1 saturated heterocycles. The van der Waals surface area contributed by atoms with Gasteiger partial charge < -0.3 is 10.2 Å². The Morgan fingerprint density at radius 2 is 2.14 bits per heavy atom. The maximum atomic E-state index is 12.7. The molecule has 21 heavy (non-hydrogen) atoms. The molecule has 1 aliphatic rings. The second-order valence-electron chi connectivity index (χ2n) is 6.60. The SMILES string of the molecule is CC(C)CN(CC1CCCN1)C(=O)c1n[nH]c(C(C)C)n1. The van der Waals surface area contributed by atoms with E-state index in [1.165, 1.54) is 6.42 Å². The molecule has 2 rings (SSSR count). The third-order valence-electron chi connectivity index (χ3n) is 3.72. The lowest BCUT2D eigenvalue weighted by Gasteiger charge is -2.26. The zero-order valence-corrected chi connectivity index (χ0v) is 13.5. The lowest BCUT2D eigenvalue weighted by molar-refractivity contribution is 0.0709. The molecule has 0 radical (unpaired) electrons. The van der Waals surface area contributed by atoms with Crippen molar-refractivity contribution in [3.63, 3.8) is 0 Å². The highest BCUT2D eigenvalue weighted by Crippen LogP contribution is 2.13. The molecule has 0 aliphatic carbocycles. The molecule has 6 nitrogen and oxygen atoms in total. The number of aromatic amines is 1. The van der Waals surface area contributed by atoms with Gasteiger partial charge in [0.05, 0.1) is 0 Å². The summed E-state index contributed by atoms with van der Waals surface area (Å²) in [5.41, 5.74) is 0. The molecule has 1 aromatic rings. The second kappa shape index (κ2) is 7.02. The van der Waals surface area contributed by atoms with Crippen molar-refractivity contribution in [2.75, 3.05) is 19.6 Å². The molecule has 1 aliphatic heterocycles. The quantitative estimate of drug-likeness (QED) is 0.838. The normalized spacial score (nSPS) is 18.7. The fourth-order valence-electron chi connectivity index (χ4n) is 2.63. The van der Waals surface area contributed by atoms with Gasteiger partial charge in [-0.05, 0) is 25.3 Å². The molecule has 1 amide bonds. The van der Waals surface area contributed by atoms with Crippen LogP contribution in [0, 0.1) is 5.92 Å². The van der Waals surface area contributed by atoms with Crippen LogP contribution >= 0.6 is 0 Å². The topological polar surface area (TPSA) is 73.9 Å². The first-order chi connectivity index (χ1) is 9.97. The largest absolute Gasteiger partial charge is 0.334 e. The molecule has 1 atom stereocenters. The molecular formula is C15H27N5O. The van der Waals surface area contributed by atoms with E-state index in [1.54, 1.807) is 0 Å². The molecule has 0 saturated carbocycles. The molecule has 0 spiro atoms. The minimum absolute atomic E-state index is 0.0689. The van der Waals surface area contributed by atoms with Crippen molar-refractivity contribution in [3.05, 3.63) is 11.6 Å². The van der Waals surface area contributed by atoms with Crippen LogP contribution in [0.4, 0.5) is 0 Å². The van der Waals surface area contributed by atoms with E-state index in [4.69, 9.17) is 0 Å². The standard InChI is InChI=1S/C15H27N5O/c1-10(2)8-20(9-12-6-5-7-16-12)15(21)14-17-13(11(3)4)18-19-14/h10-12,16H,5-9H2,1-4H3,(H,17,18,19). The zero-order valence-electron chi connectivity index (χ0n) is 13.5. The Kier molecular flexibility index (Phi) is 5.33. The van der Waals surface area contributed by atoms with Gasteiger partial charge >= 0.3 is 0 Å². The van der Waals surface area contributed by atoms with E-state index in [9.17, 15) is 4.79 Å². The molecule has 2 heterocycles. The Hall–Kier alpha value is -1.43. The number of hydrogen-bond acceptors (Lipinski definition) is 4. The van der Waals surface area contributed by atoms with Gasteiger partial charge in [0, 0.05) is 25.0 Å². The zero-order chi connectivity index (χ0) is 15.4. The number of rotatable bonds is 6. The Labute approximate surface area is 126 Å². The third-order valence-corrected chi connectivity index (χ3v) is 3.72. The van der Waals surface area contributed by atoms with Gasteiger partial charge in [-0.3, -0.25) is 9.89 Å². The number of nitrogens with zero attached hydrogens (tertiary/aromatic N) is 3. The van der Waals surface area contributed by atoms with Crippen molar-refractivity contribution in [3.8, 4) is 0 Å². The number of aromatic nitrogens is 3. The van der Waals surface area contributed by atoms with Gasteiger partial charge in [-0.2, -0.15) is 0 Å². The predicted molar refractivity (Wildman–Crippen MR) is 82.2 cm³/mol. The molecule has 0 bridgehead atoms. The average molecular weight is 293 g/mol. The highest BCUT2D eigenvalue weighted by atomic mass is 16.2. The van der Waals surface area contributed by atoms with Crippen molar-refractivity contribution in [1.29, 1.82) is 0 Å². The first-order valence-electron chi connectivity index (χ1n) is 7.92. The van der Waals surface area contributed by atoms with Gasteiger partial charge in [-0.1, -0.05) is 27.7 Å². The van der Waals surface area contributed by atoms with Crippen LogP contribution in [0.1, 0.15) is 62.9 Å². The molecule has 6 heteroatoms. The molecule has 2 N–H and O–H groups in total. The van der Waals surface area contributed by atoms with E-state index in [1.807, 2.05) is 18.7 Å². The lowest BCUT2D eigenvalue weighted by Crippen LogP contribution is -2.43. The Bertz CT molecular complexity index is 462. The number of amides is 1. The number of hydrogen-bond donors (Lipinski definition) is 2. The maximum absolute atomic E-state index is 12.7. The van der Waals surface area contributed by atoms with E-state index in [2.05, 4.69) is 34.3 Å². The number of H-pyrrole nitrogens is 1. The van der Waals surface area contributed by atoms with Gasteiger partial charge in [-0.25, -0.2) is 4.98 Å². The Morgan fingerprint density at radius 3 is 2.67 bits per heavy atom. The summed E-state index contributed by atoms with van der Waals surface area (Å²) in [6.45, 7) is 10.8. The van der Waals surface area contributed by atoms with E-state index >= 15 is 0 Å². The number of carbonyl (C=O) groups is 1. The molecule has 1 aromatic heterocycles. The van der Waals surface area contributed by atoms with Crippen LogP contribution in [-0.4, -0.2) is 51.7 Å². The van der Waals surface area contributed by atoms with Gasteiger partial charge in [-0.15, -0.1) is 5.10 Å². The van der Waals surface area contributed by atoms with Gasteiger partial charge in [0.25, 0.3) is 5.91 Å². The van der Waals surface area contributed by atoms with Crippen molar-refractivity contribution in [1.82, 2.24) is 25.4 Å². The second-order valence-corrected chi connectivity index (χ2v) is 6.60. The van der Waals surface area contributed by atoms with Crippen LogP contribution in [0.5, 0.6) is 0 Å². The monoisotopic (exact) mass is 293 g/mol. The average Bonchev–Trinajstić information content (AvgIpc) is 3.07. The fourth-order valence-corrected chi connectivity index (χ4v) is 2.63. The van der Waals surface area contributed by atoms with Crippen LogP contribution in [0.2, 0.25) is 0 Å². The Morgan fingerprint density at radius 1 is 1.38 bits per heavy atom.